The Morgan fingerprint density at radius 2 is 0.222 bits per heavy atom. The molecular weight excluding hydrogens is 1730 g/mol. The van der Waals surface area contributed by atoms with Crippen molar-refractivity contribution < 1.29 is 0 Å². The number of hydrogen-bond acceptors (Lipinski definition) is 0. The molecule has 0 heterocycles. The van der Waals surface area contributed by atoms with E-state index in [4.69, 9.17) is 0 Å². The van der Waals surface area contributed by atoms with Crippen molar-refractivity contribution in [2.45, 2.75) is 0 Å². The van der Waals surface area contributed by atoms with Crippen LogP contribution in [0.3, 0.4) is 0 Å². The zero-order chi connectivity index (χ0) is 95.6. The highest BCUT2D eigenvalue weighted by Crippen LogP contribution is 2.51. The fraction of sp³-hybridized carbons (Fsp3) is 0. The van der Waals surface area contributed by atoms with Crippen molar-refractivity contribution >= 4 is 97.0 Å². The summed E-state index contributed by atoms with van der Waals surface area (Å²) in [5.41, 5.74) is 37.3. The van der Waals surface area contributed by atoms with Crippen molar-refractivity contribution in [3.63, 3.8) is 0 Å². The highest BCUT2D eigenvalue weighted by Gasteiger charge is 2.24. The summed E-state index contributed by atoms with van der Waals surface area (Å²) in [5, 5.41) is 22.7. The first-order chi connectivity index (χ1) is 71.4. The van der Waals surface area contributed by atoms with E-state index in [9.17, 15) is 0 Å². The molecule has 0 nitrogen and oxygen atoms in total. The number of benzene rings is 27. The molecule has 0 aliphatic heterocycles. The topological polar surface area (TPSA) is 0 Å². The highest BCUT2D eigenvalue weighted by molar-refractivity contribution is 6.25. The first-order valence-corrected chi connectivity index (χ1v) is 49.8. The summed E-state index contributed by atoms with van der Waals surface area (Å²) in [4.78, 5) is 0. The van der Waals surface area contributed by atoms with Crippen LogP contribution in [0, 0.1) is 0 Å². The SMILES string of the molecule is c1ccc(-c2cccc(-c3cccc(-c4ccc5cc(-c6c7ccccc7c(-c7ccccc7)c7ccccc67)ccc5c4)c3)c2)cc1.c1ccc(-c2cccc(-c3ccccc3)c2-c2ccc3cc(-c4c5ccccc5c(-c5ccccc5)c5ccccc45)ccc3c2)cc1.c1ccc(-c2cccc(-c3ccccc3-c3ccc4cc(-c5c6ccccc6c(-c6ccccc6)c6ccccc56)ccc4c3)c2)cc1. The molecule has 0 aliphatic rings. The Kier molecular flexibility index (Phi) is 23.3. The molecule has 0 saturated carbocycles. The van der Waals surface area contributed by atoms with Gasteiger partial charge in [-0.3, -0.25) is 0 Å². The second kappa shape index (κ2) is 38.6. The van der Waals surface area contributed by atoms with Crippen LogP contribution in [0.25, 0.3) is 264 Å². The van der Waals surface area contributed by atoms with Crippen molar-refractivity contribution in [2.24, 2.45) is 0 Å². The minimum atomic E-state index is 1.22. The summed E-state index contributed by atoms with van der Waals surface area (Å²) in [6.07, 6.45) is 0. The van der Waals surface area contributed by atoms with Crippen LogP contribution in [0.4, 0.5) is 0 Å². The minimum Gasteiger partial charge on any atom is -0.0622 e. The molecule has 0 radical (unpaired) electrons. The van der Waals surface area contributed by atoms with E-state index in [2.05, 4.69) is 582 Å². The minimum absolute atomic E-state index is 1.22. The Bertz CT molecular complexity index is 9290. The molecule has 0 atom stereocenters. The van der Waals surface area contributed by atoms with Gasteiger partial charge < -0.3 is 0 Å². The van der Waals surface area contributed by atoms with Crippen LogP contribution in [-0.2, 0) is 0 Å². The third-order valence-electron chi connectivity index (χ3n) is 28.9. The summed E-state index contributed by atoms with van der Waals surface area (Å²) in [7, 11) is 0. The summed E-state index contributed by atoms with van der Waals surface area (Å²) in [6, 6.07) is 212. The van der Waals surface area contributed by atoms with Gasteiger partial charge in [-0.15, -0.1) is 0 Å². The second-order valence-electron chi connectivity index (χ2n) is 37.4. The molecule has 144 heavy (non-hydrogen) atoms. The van der Waals surface area contributed by atoms with Crippen molar-refractivity contribution in [1.29, 1.82) is 0 Å². The number of rotatable bonds is 15. The van der Waals surface area contributed by atoms with E-state index in [0.29, 0.717) is 0 Å². The van der Waals surface area contributed by atoms with Crippen molar-refractivity contribution in [2.75, 3.05) is 0 Å². The molecule has 0 bridgehead atoms. The van der Waals surface area contributed by atoms with E-state index < -0.39 is 0 Å². The fourth-order valence-electron chi connectivity index (χ4n) is 22.2. The summed E-state index contributed by atoms with van der Waals surface area (Å²) in [5.74, 6) is 0. The molecule has 27 aromatic rings. The average Bonchev–Trinajstić information content (AvgIpc) is 0.736. The lowest BCUT2D eigenvalue weighted by Crippen LogP contribution is -1.92. The van der Waals surface area contributed by atoms with E-state index >= 15 is 0 Å². The molecular formula is C144H96. The largest absolute Gasteiger partial charge is 0.0622 e. The van der Waals surface area contributed by atoms with E-state index in [1.807, 2.05) is 0 Å². The molecule has 0 amide bonds. The highest BCUT2D eigenvalue weighted by atomic mass is 14.3. The van der Waals surface area contributed by atoms with Gasteiger partial charge in [0, 0.05) is 0 Å². The number of fused-ring (bicyclic) bond motifs is 9. The van der Waals surface area contributed by atoms with Crippen LogP contribution >= 0.6 is 0 Å². The smallest absolute Gasteiger partial charge is 0.00262 e. The third kappa shape index (κ3) is 16.7. The monoisotopic (exact) mass is 1820 g/mol. The summed E-state index contributed by atoms with van der Waals surface area (Å²) < 4.78 is 0. The lowest BCUT2D eigenvalue weighted by molar-refractivity contribution is 1.57. The van der Waals surface area contributed by atoms with Crippen LogP contribution in [0.5, 0.6) is 0 Å². The standard InChI is InChI=1S/3C48H32/c1-4-15-33(16-5-1)40-25-14-26-41(34-17-6-2-7-18-34)47(40)38-29-27-37-32-39(30-28-36(37)31-38)48-44-23-12-10-21-42(44)46(35-19-8-3-9-20-35)43-22-11-13-24-45(43)48;1-3-13-33(14-4-1)35-17-11-18-36(29-35)37-19-12-20-38(30-37)39-25-26-41-32-42(28-27-40(41)31-39)48-45-23-9-7-21-43(45)47(34-15-5-2-6-16-34)44-22-8-10-24-46(44)48;1-3-14-33(15-4-1)35-18-13-19-38(30-35)41-20-7-8-21-42(41)39-28-26-37-32-40(29-27-36(37)31-39)48-45-24-11-9-22-43(45)47(34-16-5-2-6-17-34)44-23-10-12-25-46(44)48/h3*1-32H. The normalized spacial score (nSPS) is 11.3. The van der Waals surface area contributed by atoms with Gasteiger partial charge in [0.1, 0.15) is 0 Å². The maximum Gasteiger partial charge on any atom is -0.00262 e. The van der Waals surface area contributed by atoms with Gasteiger partial charge in [0.05, 0.1) is 0 Å². The van der Waals surface area contributed by atoms with Gasteiger partial charge in [-0.25, -0.2) is 0 Å². The van der Waals surface area contributed by atoms with E-state index in [0.717, 1.165) is 0 Å². The molecule has 27 rings (SSSR count). The first kappa shape index (κ1) is 86.8. The van der Waals surface area contributed by atoms with E-state index in [-0.39, 0.29) is 0 Å². The quantitative estimate of drug-likeness (QED) is 0.0898. The van der Waals surface area contributed by atoms with Gasteiger partial charge in [-0.05, 0) is 318 Å². The van der Waals surface area contributed by atoms with Crippen LogP contribution in [0.1, 0.15) is 0 Å². The maximum absolute atomic E-state index is 2.37. The van der Waals surface area contributed by atoms with Gasteiger partial charge >= 0.3 is 0 Å². The first-order valence-electron chi connectivity index (χ1n) is 49.8. The molecule has 0 N–H and O–H groups in total. The lowest BCUT2D eigenvalue weighted by Gasteiger charge is -2.18. The van der Waals surface area contributed by atoms with Crippen LogP contribution in [0.2, 0.25) is 0 Å². The third-order valence-corrected chi connectivity index (χ3v) is 28.9. The summed E-state index contributed by atoms with van der Waals surface area (Å²) in [6.45, 7) is 0. The Morgan fingerprint density at radius 1 is 0.0694 bits per heavy atom. The Morgan fingerprint density at radius 3 is 0.500 bits per heavy atom. The molecule has 27 aromatic carbocycles. The Balaban J connectivity index is 0.000000113. The maximum atomic E-state index is 2.37. The molecule has 0 saturated heterocycles. The van der Waals surface area contributed by atoms with Crippen LogP contribution in [-0.4, -0.2) is 0 Å². The molecule has 672 valence electrons. The van der Waals surface area contributed by atoms with Crippen molar-refractivity contribution in [3.05, 3.63) is 582 Å². The molecule has 0 spiro atoms. The zero-order valence-corrected chi connectivity index (χ0v) is 79.4. The van der Waals surface area contributed by atoms with Gasteiger partial charge in [0.15, 0.2) is 0 Å². The van der Waals surface area contributed by atoms with Crippen molar-refractivity contribution in [3.8, 4) is 167 Å². The Hall–Kier alpha value is -18.7. The van der Waals surface area contributed by atoms with Gasteiger partial charge in [0.25, 0.3) is 0 Å². The Labute approximate surface area is 840 Å². The molecule has 0 aliphatic carbocycles. The molecule has 0 fully saturated rings. The van der Waals surface area contributed by atoms with Gasteiger partial charge in [-0.1, -0.05) is 528 Å². The molecule has 0 unspecified atom stereocenters. The fourth-order valence-corrected chi connectivity index (χ4v) is 22.2. The van der Waals surface area contributed by atoms with Crippen molar-refractivity contribution in [1.82, 2.24) is 0 Å². The predicted octanol–water partition coefficient (Wildman–Crippen LogP) is 40.4. The van der Waals surface area contributed by atoms with Gasteiger partial charge in [-0.2, -0.15) is 0 Å². The predicted molar refractivity (Wildman–Crippen MR) is 618 cm³/mol. The van der Waals surface area contributed by atoms with E-state index in [1.54, 1.807) is 0 Å². The van der Waals surface area contributed by atoms with Gasteiger partial charge in [0.2, 0.25) is 0 Å². The van der Waals surface area contributed by atoms with Crippen LogP contribution in [0.15, 0.2) is 582 Å². The second-order valence-corrected chi connectivity index (χ2v) is 37.4. The summed E-state index contributed by atoms with van der Waals surface area (Å²) >= 11 is 0. The molecule has 0 aromatic heterocycles. The van der Waals surface area contributed by atoms with E-state index in [1.165, 1.54) is 264 Å². The zero-order valence-electron chi connectivity index (χ0n) is 79.4. The molecule has 0 heteroatoms. The van der Waals surface area contributed by atoms with Crippen LogP contribution < -0.4 is 0 Å². The lowest BCUT2D eigenvalue weighted by atomic mass is 9.85. The number of hydrogen-bond donors (Lipinski definition) is 0. The average molecular weight is 1830 g/mol.